The Labute approximate surface area is 145 Å². The summed E-state index contributed by atoms with van der Waals surface area (Å²) < 4.78 is 1.86. The maximum atomic E-state index is 13.1. The number of rotatable bonds is 5. The lowest BCUT2D eigenvalue weighted by atomic mass is 9.77. The van der Waals surface area contributed by atoms with E-state index in [0.29, 0.717) is 5.91 Å². The van der Waals surface area contributed by atoms with Crippen molar-refractivity contribution in [2.75, 3.05) is 32.7 Å². The molecule has 1 spiro atoms. The zero-order chi connectivity index (χ0) is 16.6. The standard InChI is InChI=1S/C19H30N4O/c1-21-13-17(12-20-21)6-10-22-11-8-19(15-22)7-3-9-23(18(19)24)14-16-4-2-5-16/h12-13,16H,2-11,14-15H2,1H3/t19-/m1/s1. The summed E-state index contributed by atoms with van der Waals surface area (Å²) in [6, 6.07) is 0. The number of carbonyl (C=O) groups is 1. The molecule has 132 valence electrons. The normalized spacial score (nSPS) is 28.7. The van der Waals surface area contributed by atoms with E-state index in [4.69, 9.17) is 0 Å². The summed E-state index contributed by atoms with van der Waals surface area (Å²) in [5.41, 5.74) is 1.22. The number of hydrogen-bond acceptors (Lipinski definition) is 3. The molecule has 24 heavy (non-hydrogen) atoms. The molecule has 1 aromatic rings. The van der Waals surface area contributed by atoms with Gasteiger partial charge in [0.15, 0.2) is 0 Å². The molecule has 1 atom stereocenters. The largest absolute Gasteiger partial charge is 0.342 e. The maximum absolute atomic E-state index is 13.1. The van der Waals surface area contributed by atoms with Crippen LogP contribution < -0.4 is 0 Å². The summed E-state index contributed by atoms with van der Waals surface area (Å²) in [4.78, 5) is 17.8. The van der Waals surface area contributed by atoms with Crippen LogP contribution in [0.25, 0.3) is 0 Å². The van der Waals surface area contributed by atoms with Crippen LogP contribution in [0.1, 0.15) is 44.1 Å². The summed E-state index contributed by atoms with van der Waals surface area (Å²) in [6.07, 6.45) is 12.4. The topological polar surface area (TPSA) is 41.4 Å². The fraction of sp³-hybridized carbons (Fsp3) is 0.789. The van der Waals surface area contributed by atoms with E-state index in [1.807, 2.05) is 17.9 Å². The van der Waals surface area contributed by atoms with Gasteiger partial charge in [0.1, 0.15) is 0 Å². The van der Waals surface area contributed by atoms with Crippen LogP contribution in [0.3, 0.4) is 0 Å². The van der Waals surface area contributed by atoms with E-state index in [1.165, 1.54) is 31.2 Å². The number of aromatic nitrogens is 2. The molecule has 3 aliphatic rings. The van der Waals surface area contributed by atoms with Gasteiger partial charge in [-0.2, -0.15) is 5.10 Å². The molecule has 3 heterocycles. The Kier molecular flexibility index (Phi) is 4.37. The summed E-state index contributed by atoms with van der Waals surface area (Å²) in [5, 5.41) is 4.25. The second-order valence-corrected chi connectivity index (χ2v) is 8.23. The van der Waals surface area contributed by atoms with Crippen LogP contribution >= 0.6 is 0 Å². The van der Waals surface area contributed by atoms with Crippen LogP contribution in [0.4, 0.5) is 0 Å². The van der Waals surface area contributed by atoms with Gasteiger partial charge in [-0.05, 0) is 56.6 Å². The fourth-order valence-corrected chi connectivity index (χ4v) is 4.73. The first kappa shape index (κ1) is 16.1. The Balaban J connectivity index is 1.34. The van der Waals surface area contributed by atoms with E-state index in [1.54, 1.807) is 0 Å². The smallest absolute Gasteiger partial charge is 0.230 e. The van der Waals surface area contributed by atoms with Gasteiger partial charge in [0.2, 0.25) is 5.91 Å². The molecule has 2 saturated heterocycles. The summed E-state index contributed by atoms with van der Waals surface area (Å²) in [7, 11) is 1.96. The minimum atomic E-state index is -0.0725. The van der Waals surface area contributed by atoms with E-state index >= 15 is 0 Å². The van der Waals surface area contributed by atoms with Crippen LogP contribution in [0.15, 0.2) is 12.4 Å². The predicted octanol–water partition coefficient (Wildman–Crippen LogP) is 2.08. The summed E-state index contributed by atoms with van der Waals surface area (Å²) in [5.74, 6) is 1.25. The Hall–Kier alpha value is -1.36. The fourth-order valence-electron chi connectivity index (χ4n) is 4.73. The number of carbonyl (C=O) groups excluding carboxylic acids is 1. The van der Waals surface area contributed by atoms with Crippen molar-refractivity contribution in [3.8, 4) is 0 Å². The zero-order valence-corrected chi connectivity index (χ0v) is 14.9. The Bertz CT molecular complexity index is 594. The van der Waals surface area contributed by atoms with Gasteiger partial charge in [0.25, 0.3) is 0 Å². The quantitative estimate of drug-likeness (QED) is 0.830. The molecule has 5 nitrogen and oxygen atoms in total. The third-order valence-electron chi connectivity index (χ3n) is 6.44. The number of likely N-dealkylation sites (tertiary alicyclic amines) is 2. The van der Waals surface area contributed by atoms with Crippen molar-refractivity contribution in [2.45, 2.75) is 44.9 Å². The molecule has 0 aromatic carbocycles. The first-order valence-corrected chi connectivity index (χ1v) is 9.64. The van der Waals surface area contributed by atoms with E-state index in [9.17, 15) is 4.79 Å². The summed E-state index contributed by atoms with van der Waals surface area (Å²) in [6.45, 7) is 5.10. The lowest BCUT2D eigenvalue weighted by Gasteiger charge is -2.42. The van der Waals surface area contributed by atoms with Crippen LogP contribution in [-0.2, 0) is 18.3 Å². The average molecular weight is 330 g/mol. The first-order valence-electron chi connectivity index (χ1n) is 9.64. The van der Waals surface area contributed by atoms with Crippen LogP contribution in [0, 0.1) is 11.3 Å². The molecule has 5 heteroatoms. The molecule has 1 aliphatic carbocycles. The minimum absolute atomic E-state index is 0.0725. The number of amides is 1. The van der Waals surface area contributed by atoms with Gasteiger partial charge in [-0.3, -0.25) is 9.48 Å². The third-order valence-corrected chi connectivity index (χ3v) is 6.44. The highest BCUT2D eigenvalue weighted by atomic mass is 16.2. The zero-order valence-electron chi connectivity index (χ0n) is 14.9. The minimum Gasteiger partial charge on any atom is -0.342 e. The van der Waals surface area contributed by atoms with Gasteiger partial charge in [0, 0.05) is 39.4 Å². The molecule has 0 radical (unpaired) electrons. The second kappa shape index (κ2) is 6.51. The number of aryl methyl sites for hydroxylation is 1. The second-order valence-electron chi connectivity index (χ2n) is 8.23. The van der Waals surface area contributed by atoms with Crippen molar-refractivity contribution in [1.82, 2.24) is 19.6 Å². The van der Waals surface area contributed by atoms with Gasteiger partial charge < -0.3 is 9.80 Å². The highest BCUT2D eigenvalue weighted by molar-refractivity contribution is 5.84. The van der Waals surface area contributed by atoms with E-state index in [0.717, 1.165) is 57.9 Å². The molecule has 1 amide bonds. The van der Waals surface area contributed by atoms with Crippen molar-refractivity contribution < 1.29 is 4.79 Å². The average Bonchev–Trinajstić information content (AvgIpc) is 3.12. The lowest BCUT2D eigenvalue weighted by molar-refractivity contribution is -0.146. The van der Waals surface area contributed by atoms with Crippen LogP contribution in [-0.4, -0.2) is 58.2 Å². The molecule has 1 saturated carbocycles. The van der Waals surface area contributed by atoms with E-state index in [2.05, 4.69) is 21.1 Å². The monoisotopic (exact) mass is 330 g/mol. The van der Waals surface area contributed by atoms with Crippen molar-refractivity contribution in [3.05, 3.63) is 18.0 Å². The highest BCUT2D eigenvalue weighted by Crippen LogP contribution is 2.41. The Morgan fingerprint density at radius 2 is 2.12 bits per heavy atom. The van der Waals surface area contributed by atoms with Crippen LogP contribution in [0.5, 0.6) is 0 Å². The molecule has 2 aliphatic heterocycles. The lowest BCUT2D eigenvalue weighted by Crippen LogP contribution is -2.51. The molecular weight excluding hydrogens is 300 g/mol. The van der Waals surface area contributed by atoms with Gasteiger partial charge >= 0.3 is 0 Å². The van der Waals surface area contributed by atoms with E-state index < -0.39 is 0 Å². The highest BCUT2D eigenvalue weighted by Gasteiger charge is 2.48. The SMILES string of the molecule is Cn1cc(CCN2CC[C@]3(CCCN(CC4CCC4)C3=O)C2)cn1. The first-order chi connectivity index (χ1) is 11.6. The number of nitrogens with zero attached hydrogens (tertiary/aromatic N) is 4. The molecule has 4 rings (SSSR count). The molecular formula is C19H30N4O. The van der Waals surface area contributed by atoms with Gasteiger partial charge in [-0.1, -0.05) is 6.42 Å². The predicted molar refractivity (Wildman–Crippen MR) is 93.6 cm³/mol. The molecule has 1 aromatic heterocycles. The Morgan fingerprint density at radius 3 is 2.83 bits per heavy atom. The molecule has 0 unspecified atom stereocenters. The van der Waals surface area contributed by atoms with Gasteiger partial charge in [-0.15, -0.1) is 0 Å². The number of piperidine rings is 1. The van der Waals surface area contributed by atoms with E-state index in [-0.39, 0.29) is 5.41 Å². The maximum Gasteiger partial charge on any atom is 0.230 e. The third kappa shape index (κ3) is 3.10. The number of hydrogen-bond donors (Lipinski definition) is 0. The summed E-state index contributed by atoms with van der Waals surface area (Å²) >= 11 is 0. The van der Waals surface area contributed by atoms with Gasteiger partial charge in [-0.25, -0.2) is 0 Å². The Morgan fingerprint density at radius 1 is 1.25 bits per heavy atom. The van der Waals surface area contributed by atoms with Crippen molar-refractivity contribution >= 4 is 5.91 Å². The molecule has 3 fully saturated rings. The van der Waals surface area contributed by atoms with Gasteiger partial charge in [0.05, 0.1) is 11.6 Å². The van der Waals surface area contributed by atoms with Crippen molar-refractivity contribution in [1.29, 1.82) is 0 Å². The van der Waals surface area contributed by atoms with Crippen molar-refractivity contribution in [2.24, 2.45) is 18.4 Å². The molecule has 0 N–H and O–H groups in total. The molecule has 0 bridgehead atoms. The van der Waals surface area contributed by atoms with Crippen molar-refractivity contribution in [3.63, 3.8) is 0 Å². The van der Waals surface area contributed by atoms with Crippen LogP contribution in [0.2, 0.25) is 0 Å².